The van der Waals surface area contributed by atoms with Crippen molar-refractivity contribution in [2.75, 3.05) is 38.3 Å². The lowest BCUT2D eigenvalue weighted by atomic mass is 9.78. The molecule has 9 heteroatoms. The van der Waals surface area contributed by atoms with Crippen molar-refractivity contribution >= 4 is 35.2 Å². The molecule has 4 heterocycles. The molecule has 1 N–H and O–H groups in total. The van der Waals surface area contributed by atoms with Gasteiger partial charge in [-0.25, -0.2) is 0 Å². The number of anilines is 1. The van der Waals surface area contributed by atoms with Gasteiger partial charge in [0.1, 0.15) is 11.8 Å². The Kier molecular flexibility index (Phi) is 7.35. The molecule has 2 saturated heterocycles. The summed E-state index contributed by atoms with van der Waals surface area (Å²) in [6, 6.07) is 5.93. The van der Waals surface area contributed by atoms with Gasteiger partial charge in [-0.2, -0.15) is 0 Å². The summed E-state index contributed by atoms with van der Waals surface area (Å²) in [4.78, 5) is 47.9. The Morgan fingerprint density at radius 3 is 2.45 bits per heavy atom. The number of benzene rings is 1. The maximum atomic E-state index is 14.5. The van der Waals surface area contributed by atoms with E-state index >= 15 is 0 Å². The smallest absolute Gasteiger partial charge is 0.251 e. The Balaban J connectivity index is 1.63. The first-order valence-corrected chi connectivity index (χ1v) is 14.4. The van der Waals surface area contributed by atoms with Crippen molar-refractivity contribution in [2.45, 2.75) is 49.3 Å². The highest BCUT2D eigenvalue weighted by Gasteiger charge is 2.71. The van der Waals surface area contributed by atoms with E-state index in [1.807, 2.05) is 68.2 Å². The Labute approximate surface area is 228 Å². The van der Waals surface area contributed by atoms with Crippen molar-refractivity contribution in [1.82, 2.24) is 9.80 Å². The Bertz CT molecular complexity index is 1150. The maximum absolute atomic E-state index is 14.5. The highest BCUT2D eigenvalue weighted by molar-refractivity contribution is 8.02. The van der Waals surface area contributed by atoms with E-state index < -0.39 is 28.7 Å². The number of hydrogen-bond acceptors (Lipinski definition) is 6. The fourth-order valence-corrected chi connectivity index (χ4v) is 8.56. The largest absolute Gasteiger partial charge is 0.497 e. The first-order chi connectivity index (χ1) is 18.3. The summed E-state index contributed by atoms with van der Waals surface area (Å²) in [5, 5.41) is 10.2. The third-order valence-corrected chi connectivity index (χ3v) is 10.1. The van der Waals surface area contributed by atoms with Gasteiger partial charge >= 0.3 is 0 Å². The average molecular weight is 540 g/mol. The number of carbonyl (C=O) groups is 3. The van der Waals surface area contributed by atoms with Crippen LogP contribution in [0.3, 0.4) is 0 Å². The third kappa shape index (κ3) is 4.06. The number of aliphatic hydroxyl groups is 1. The van der Waals surface area contributed by atoms with E-state index in [-0.39, 0.29) is 35.5 Å². The van der Waals surface area contributed by atoms with Crippen molar-refractivity contribution < 1.29 is 24.2 Å². The van der Waals surface area contributed by atoms with Gasteiger partial charge in [0.05, 0.1) is 36.3 Å². The molecular weight excluding hydrogens is 502 g/mol. The predicted molar refractivity (Wildman–Crippen MR) is 148 cm³/mol. The second-order valence-corrected chi connectivity index (χ2v) is 12.3. The van der Waals surface area contributed by atoms with E-state index in [2.05, 4.69) is 6.08 Å². The molecule has 0 radical (unpaired) electrons. The SMILES string of the molecule is CCCN1CC=C[C@H]2S[C@]34C=CCN(c5ccc(OC)cc5)C(=O)C3N([C@@H](CO)C(C)C)C(=O)[C@@H]4[C@H]2C1=O. The lowest BCUT2D eigenvalue weighted by Crippen LogP contribution is -2.57. The van der Waals surface area contributed by atoms with Crippen LogP contribution in [0.4, 0.5) is 5.69 Å². The van der Waals surface area contributed by atoms with Crippen molar-refractivity contribution in [1.29, 1.82) is 0 Å². The minimum atomic E-state index is -0.901. The van der Waals surface area contributed by atoms with Crippen LogP contribution in [0.25, 0.3) is 0 Å². The topological polar surface area (TPSA) is 90.4 Å². The number of carbonyl (C=O) groups excluding carboxylic acids is 3. The zero-order valence-corrected chi connectivity index (χ0v) is 23.3. The lowest BCUT2D eigenvalue weighted by molar-refractivity contribution is -0.145. The normalized spacial score (nSPS) is 31.3. The molecule has 1 aromatic rings. The first-order valence-electron chi connectivity index (χ1n) is 13.5. The van der Waals surface area contributed by atoms with Gasteiger partial charge in [-0.15, -0.1) is 11.8 Å². The summed E-state index contributed by atoms with van der Waals surface area (Å²) in [6.07, 6.45) is 8.89. The monoisotopic (exact) mass is 539 g/mol. The number of likely N-dealkylation sites (tertiary alicyclic amines) is 1. The first kappa shape index (κ1) is 26.8. The molecule has 2 fully saturated rings. The Morgan fingerprint density at radius 1 is 1.08 bits per heavy atom. The van der Waals surface area contributed by atoms with Crippen LogP contribution in [0, 0.1) is 17.8 Å². The molecule has 6 atom stereocenters. The Morgan fingerprint density at radius 2 is 1.82 bits per heavy atom. The molecule has 1 unspecified atom stereocenters. The van der Waals surface area contributed by atoms with Crippen LogP contribution in [0.15, 0.2) is 48.6 Å². The quantitative estimate of drug-likeness (QED) is 0.536. The van der Waals surface area contributed by atoms with Crippen molar-refractivity contribution in [3.63, 3.8) is 0 Å². The molecule has 0 saturated carbocycles. The van der Waals surface area contributed by atoms with E-state index in [0.29, 0.717) is 31.1 Å². The number of hydrogen-bond donors (Lipinski definition) is 1. The summed E-state index contributed by atoms with van der Waals surface area (Å²) >= 11 is 1.57. The number of amides is 3. The predicted octanol–water partition coefficient (Wildman–Crippen LogP) is 2.72. The zero-order valence-electron chi connectivity index (χ0n) is 22.4. The number of nitrogens with zero attached hydrogens (tertiary/aromatic N) is 3. The fourth-order valence-electron chi connectivity index (χ4n) is 6.57. The molecule has 1 spiro atoms. The van der Waals surface area contributed by atoms with Crippen LogP contribution >= 0.6 is 11.8 Å². The van der Waals surface area contributed by atoms with Crippen LogP contribution in [0.1, 0.15) is 27.2 Å². The molecule has 1 aromatic carbocycles. The van der Waals surface area contributed by atoms with Gasteiger partial charge in [-0.05, 0) is 36.6 Å². The number of ether oxygens (including phenoxy) is 1. The van der Waals surface area contributed by atoms with Crippen LogP contribution in [-0.4, -0.2) is 88.1 Å². The number of methoxy groups -OCH3 is 1. The summed E-state index contributed by atoms with van der Waals surface area (Å²) in [6.45, 7) is 7.20. The highest BCUT2D eigenvalue weighted by Crippen LogP contribution is 2.61. The summed E-state index contributed by atoms with van der Waals surface area (Å²) in [5.41, 5.74) is 0.709. The van der Waals surface area contributed by atoms with Crippen molar-refractivity contribution in [2.24, 2.45) is 17.8 Å². The minimum Gasteiger partial charge on any atom is -0.497 e. The van der Waals surface area contributed by atoms with Gasteiger partial charge < -0.3 is 24.5 Å². The van der Waals surface area contributed by atoms with E-state index in [9.17, 15) is 19.5 Å². The van der Waals surface area contributed by atoms with E-state index in [1.165, 1.54) is 0 Å². The molecule has 0 aliphatic carbocycles. The highest BCUT2D eigenvalue weighted by atomic mass is 32.2. The molecule has 8 nitrogen and oxygen atoms in total. The third-order valence-electron chi connectivity index (χ3n) is 8.37. The van der Waals surface area contributed by atoms with Crippen molar-refractivity contribution in [3.05, 3.63) is 48.6 Å². The standard InChI is InChI=1S/C29H37N3O5S/c1-5-14-30-15-6-8-22-23(26(30)34)24-27(35)32(21(17-33)18(2)3)25-28(36)31(16-7-13-29(24,25)38-22)19-9-11-20(37-4)12-10-19/h6-13,18,21-25,33H,5,14-17H2,1-4H3/t21-,22+,23-,24-,25?,29-/m0/s1. The lowest BCUT2D eigenvalue weighted by Gasteiger charge is -2.39. The second kappa shape index (κ2) is 10.4. The number of aliphatic hydroxyl groups excluding tert-OH is 1. The van der Waals surface area contributed by atoms with E-state index in [1.54, 1.807) is 28.7 Å². The van der Waals surface area contributed by atoms with Crippen LogP contribution in [-0.2, 0) is 14.4 Å². The molecule has 38 heavy (non-hydrogen) atoms. The van der Waals surface area contributed by atoms with Gasteiger partial charge in [0, 0.05) is 30.6 Å². The average Bonchev–Trinajstić information content (AvgIpc) is 3.22. The van der Waals surface area contributed by atoms with Crippen LogP contribution in [0.5, 0.6) is 5.75 Å². The van der Waals surface area contributed by atoms with Gasteiger partial charge in [0.2, 0.25) is 11.8 Å². The van der Waals surface area contributed by atoms with Crippen LogP contribution in [0.2, 0.25) is 0 Å². The van der Waals surface area contributed by atoms with Gasteiger partial charge in [-0.1, -0.05) is 45.1 Å². The molecule has 0 aromatic heterocycles. The van der Waals surface area contributed by atoms with Gasteiger partial charge in [0.15, 0.2) is 0 Å². The molecule has 0 bridgehead atoms. The minimum absolute atomic E-state index is 0.0209. The van der Waals surface area contributed by atoms with E-state index in [0.717, 1.165) is 6.42 Å². The Hall–Kier alpha value is -2.78. The van der Waals surface area contributed by atoms with E-state index in [4.69, 9.17) is 4.74 Å². The van der Waals surface area contributed by atoms with Gasteiger partial charge in [0.25, 0.3) is 5.91 Å². The molecule has 4 aliphatic heterocycles. The molecule has 3 amide bonds. The second-order valence-electron chi connectivity index (χ2n) is 10.8. The molecular formula is C29H37N3O5S. The summed E-state index contributed by atoms with van der Waals surface area (Å²) < 4.78 is 4.39. The zero-order chi connectivity index (χ0) is 27.2. The van der Waals surface area contributed by atoms with Crippen molar-refractivity contribution in [3.8, 4) is 5.75 Å². The summed E-state index contributed by atoms with van der Waals surface area (Å²) in [5.74, 6) is -1.04. The molecule has 5 rings (SSSR count). The molecule has 4 aliphatic rings. The summed E-state index contributed by atoms with van der Waals surface area (Å²) in [7, 11) is 1.60. The number of thioether (sulfide) groups is 1. The van der Waals surface area contributed by atoms with Gasteiger partial charge in [-0.3, -0.25) is 14.4 Å². The number of rotatable bonds is 7. The van der Waals surface area contributed by atoms with Crippen LogP contribution < -0.4 is 9.64 Å². The maximum Gasteiger partial charge on any atom is 0.251 e. The molecule has 204 valence electrons. The fraction of sp³-hybridized carbons (Fsp3) is 0.552. The number of fused-ring (bicyclic) bond motifs is 2.